The number of benzene rings is 1. The van der Waals surface area contributed by atoms with Gasteiger partial charge in [0.1, 0.15) is 6.73 Å². The van der Waals surface area contributed by atoms with E-state index in [2.05, 4.69) is 25.2 Å². The second-order valence-corrected chi connectivity index (χ2v) is 12.7. The Kier molecular flexibility index (Phi) is 14.1. The van der Waals surface area contributed by atoms with Crippen LogP contribution < -0.4 is 20.5 Å². The molecule has 238 valence electrons. The number of carbonyl (C=O) groups is 3. The Bertz CT molecular complexity index is 1010. The maximum absolute atomic E-state index is 13.2. The number of hydrogen-bond donors (Lipinski definition) is 2. The molecule has 1 heterocycles. The monoisotopic (exact) mass is 591 g/mol. The summed E-state index contributed by atoms with van der Waals surface area (Å²) in [5.74, 6) is 1.07. The summed E-state index contributed by atoms with van der Waals surface area (Å²) in [5.41, 5.74) is 5.76. The number of methoxy groups -OCH3 is 2. The van der Waals surface area contributed by atoms with Gasteiger partial charge in [-0.15, -0.1) is 0 Å². The number of amides is 3. The maximum atomic E-state index is 13.2. The Morgan fingerprint density at radius 2 is 1.83 bits per heavy atom. The lowest BCUT2D eigenvalue weighted by Gasteiger charge is -2.32. The van der Waals surface area contributed by atoms with Crippen LogP contribution in [-0.2, 0) is 30.3 Å². The van der Waals surface area contributed by atoms with E-state index in [1.165, 1.54) is 0 Å². The number of nitrogens with zero attached hydrogens (tertiary/aromatic N) is 1. The molecular formula is C32H53N3O7. The van der Waals surface area contributed by atoms with E-state index in [1.54, 1.807) is 33.0 Å². The number of hydrogen-bond acceptors (Lipinski definition) is 7. The molecule has 1 aliphatic heterocycles. The van der Waals surface area contributed by atoms with Crippen molar-refractivity contribution in [2.45, 2.75) is 79.4 Å². The number of nitrogens with two attached hydrogens (primary N) is 1. The van der Waals surface area contributed by atoms with Crippen LogP contribution in [0.15, 0.2) is 18.2 Å². The van der Waals surface area contributed by atoms with Crippen LogP contribution in [0.2, 0.25) is 0 Å². The highest BCUT2D eigenvalue weighted by Gasteiger charge is 2.40. The van der Waals surface area contributed by atoms with Gasteiger partial charge in [0.2, 0.25) is 18.2 Å². The molecule has 1 fully saturated rings. The molecule has 0 unspecified atom stereocenters. The highest BCUT2D eigenvalue weighted by Crippen LogP contribution is 2.35. The Morgan fingerprint density at radius 3 is 2.40 bits per heavy atom. The van der Waals surface area contributed by atoms with Crippen molar-refractivity contribution in [3.63, 3.8) is 0 Å². The lowest BCUT2D eigenvalue weighted by atomic mass is 9.80. The summed E-state index contributed by atoms with van der Waals surface area (Å²) in [6.07, 6.45) is 3.35. The Morgan fingerprint density at radius 1 is 1.12 bits per heavy atom. The SMILES string of the molecule is COCCCOc1cc(C[C@H](C[C@H]2[C@H](C[C@H](C(=O)NCC(C)(C)C(N)=O)C(C)C)OCN2C=O)C(C)C)ccc1OC. The van der Waals surface area contributed by atoms with Gasteiger partial charge in [0.05, 0.1) is 31.3 Å². The fourth-order valence-corrected chi connectivity index (χ4v) is 5.23. The average molecular weight is 592 g/mol. The van der Waals surface area contributed by atoms with Crippen molar-refractivity contribution in [3.05, 3.63) is 23.8 Å². The van der Waals surface area contributed by atoms with E-state index in [0.717, 1.165) is 31.2 Å². The molecule has 0 radical (unpaired) electrons. The lowest BCUT2D eigenvalue weighted by Crippen LogP contribution is -2.46. The zero-order chi connectivity index (χ0) is 31.4. The van der Waals surface area contributed by atoms with Gasteiger partial charge in [-0.05, 0) is 68.6 Å². The van der Waals surface area contributed by atoms with E-state index in [-0.39, 0.29) is 49.1 Å². The topological polar surface area (TPSA) is 129 Å². The molecule has 1 aromatic carbocycles. The van der Waals surface area contributed by atoms with Crippen molar-refractivity contribution in [2.75, 3.05) is 40.7 Å². The Labute approximate surface area is 252 Å². The third kappa shape index (κ3) is 10.2. The minimum atomic E-state index is -0.849. The molecule has 1 aliphatic rings. The van der Waals surface area contributed by atoms with Crippen molar-refractivity contribution in [2.24, 2.45) is 34.8 Å². The molecule has 3 N–H and O–H groups in total. The van der Waals surface area contributed by atoms with Crippen molar-refractivity contribution < 1.29 is 33.3 Å². The van der Waals surface area contributed by atoms with Gasteiger partial charge in [0.15, 0.2) is 11.5 Å². The minimum Gasteiger partial charge on any atom is -0.493 e. The normalized spacial score (nSPS) is 18.7. The Balaban J connectivity index is 2.18. The third-order valence-corrected chi connectivity index (χ3v) is 8.39. The van der Waals surface area contributed by atoms with E-state index in [0.29, 0.717) is 37.1 Å². The number of primary amides is 1. The van der Waals surface area contributed by atoms with Gasteiger partial charge in [0, 0.05) is 32.6 Å². The summed E-state index contributed by atoms with van der Waals surface area (Å²) in [4.78, 5) is 38.7. The first kappa shape index (κ1) is 35.3. The van der Waals surface area contributed by atoms with Crippen LogP contribution in [0.25, 0.3) is 0 Å². The first-order valence-corrected chi connectivity index (χ1v) is 15.0. The van der Waals surface area contributed by atoms with Crippen LogP contribution in [0, 0.1) is 29.1 Å². The summed E-state index contributed by atoms with van der Waals surface area (Å²) < 4.78 is 22.8. The number of nitrogens with one attached hydrogen (secondary N) is 1. The minimum absolute atomic E-state index is 0.0405. The summed E-state index contributed by atoms with van der Waals surface area (Å²) in [6, 6.07) is 5.87. The summed E-state index contributed by atoms with van der Waals surface area (Å²) in [6.45, 7) is 13.3. The molecular weight excluding hydrogens is 538 g/mol. The standard InChI is InChI=1S/C32H53N3O7/c1-21(2)24(14-23-10-11-27(40-8)29(15-23)41-13-9-12-39-7)16-26-28(42-20-35(26)19-36)17-25(22(3)4)30(37)34-18-32(5,6)31(33)38/h10-11,15,19,21-22,24-26,28H,9,12-14,16-18,20H2,1-8H3,(H2,33,38)(H,34,37)/t24-,25+,26+,28+/m1/s1. The third-order valence-electron chi connectivity index (χ3n) is 8.39. The van der Waals surface area contributed by atoms with E-state index < -0.39 is 11.3 Å². The van der Waals surface area contributed by atoms with Crippen LogP contribution in [0.4, 0.5) is 0 Å². The van der Waals surface area contributed by atoms with E-state index >= 15 is 0 Å². The number of rotatable bonds is 19. The van der Waals surface area contributed by atoms with Gasteiger partial charge in [-0.2, -0.15) is 0 Å². The number of carbonyl (C=O) groups excluding carboxylic acids is 3. The largest absolute Gasteiger partial charge is 0.493 e. The quantitative estimate of drug-likeness (QED) is 0.185. The molecule has 0 aromatic heterocycles. The van der Waals surface area contributed by atoms with Crippen LogP contribution in [0.1, 0.15) is 66.4 Å². The van der Waals surface area contributed by atoms with Gasteiger partial charge in [-0.25, -0.2) is 0 Å². The first-order valence-electron chi connectivity index (χ1n) is 15.0. The molecule has 10 heteroatoms. The van der Waals surface area contributed by atoms with Crippen LogP contribution in [-0.4, -0.2) is 76.0 Å². The van der Waals surface area contributed by atoms with E-state index in [1.807, 2.05) is 26.0 Å². The molecule has 0 aliphatic carbocycles. The smallest absolute Gasteiger partial charge is 0.224 e. The van der Waals surface area contributed by atoms with Crippen LogP contribution >= 0.6 is 0 Å². The van der Waals surface area contributed by atoms with Gasteiger partial charge in [-0.3, -0.25) is 14.4 Å². The van der Waals surface area contributed by atoms with Gasteiger partial charge in [0.25, 0.3) is 0 Å². The summed E-state index contributed by atoms with van der Waals surface area (Å²) >= 11 is 0. The molecule has 1 saturated heterocycles. The van der Waals surface area contributed by atoms with Gasteiger partial charge >= 0.3 is 0 Å². The zero-order valence-electron chi connectivity index (χ0n) is 26.8. The van der Waals surface area contributed by atoms with Crippen molar-refractivity contribution >= 4 is 18.2 Å². The summed E-state index contributed by atoms with van der Waals surface area (Å²) in [5, 5.41) is 2.92. The predicted octanol–water partition coefficient (Wildman–Crippen LogP) is 3.79. The highest BCUT2D eigenvalue weighted by atomic mass is 16.5. The second-order valence-electron chi connectivity index (χ2n) is 12.7. The van der Waals surface area contributed by atoms with Gasteiger partial charge in [-0.1, -0.05) is 33.8 Å². The van der Waals surface area contributed by atoms with Gasteiger partial charge < -0.3 is 34.9 Å². The maximum Gasteiger partial charge on any atom is 0.224 e. The molecule has 2 rings (SSSR count). The fourth-order valence-electron chi connectivity index (χ4n) is 5.23. The predicted molar refractivity (Wildman–Crippen MR) is 162 cm³/mol. The molecule has 0 spiro atoms. The molecule has 0 saturated carbocycles. The molecule has 1 aromatic rings. The molecule has 10 nitrogen and oxygen atoms in total. The number of ether oxygens (including phenoxy) is 4. The second kappa shape index (κ2) is 16.7. The zero-order valence-corrected chi connectivity index (χ0v) is 26.8. The van der Waals surface area contributed by atoms with Crippen molar-refractivity contribution in [1.29, 1.82) is 0 Å². The first-order chi connectivity index (χ1) is 19.8. The van der Waals surface area contributed by atoms with Crippen molar-refractivity contribution in [1.82, 2.24) is 10.2 Å². The molecule has 4 atom stereocenters. The van der Waals surface area contributed by atoms with Crippen LogP contribution in [0.5, 0.6) is 11.5 Å². The summed E-state index contributed by atoms with van der Waals surface area (Å²) in [7, 11) is 3.30. The fraction of sp³-hybridized carbons (Fsp3) is 0.719. The Hall–Kier alpha value is -2.85. The molecule has 3 amide bonds. The lowest BCUT2D eigenvalue weighted by molar-refractivity contribution is -0.130. The van der Waals surface area contributed by atoms with E-state index in [4.69, 9.17) is 24.7 Å². The van der Waals surface area contributed by atoms with Crippen LogP contribution in [0.3, 0.4) is 0 Å². The van der Waals surface area contributed by atoms with Crippen molar-refractivity contribution in [3.8, 4) is 11.5 Å². The molecule has 42 heavy (non-hydrogen) atoms. The average Bonchev–Trinajstić information content (AvgIpc) is 3.33. The highest BCUT2D eigenvalue weighted by molar-refractivity contribution is 5.83. The molecule has 0 bridgehead atoms. The van der Waals surface area contributed by atoms with E-state index in [9.17, 15) is 14.4 Å².